The van der Waals surface area contributed by atoms with Gasteiger partial charge in [0.25, 0.3) is 10.1 Å². The van der Waals surface area contributed by atoms with Crippen LogP contribution in [-0.4, -0.2) is 24.9 Å². The highest BCUT2D eigenvalue weighted by molar-refractivity contribution is 14.1. The largest absolute Gasteiger partial charge is 0.423 e. The van der Waals surface area contributed by atoms with Crippen LogP contribution in [0.1, 0.15) is 20.7 Å². The number of carbonyl (C=O) groups is 2. The van der Waals surface area contributed by atoms with Crippen LogP contribution in [0.25, 0.3) is 21.5 Å². The first-order chi connectivity index (χ1) is 20.2. The molecule has 5 aromatic rings. The molecule has 0 saturated carbocycles. The van der Waals surface area contributed by atoms with Crippen molar-refractivity contribution in [2.24, 2.45) is 0 Å². The third-order valence-electron chi connectivity index (χ3n) is 6.14. The molecule has 0 fully saturated rings. The molecular weight excluding hydrogens is 829 g/mol. The second-order valence-electron chi connectivity index (χ2n) is 8.71. The van der Waals surface area contributed by atoms with Crippen molar-refractivity contribution in [2.75, 3.05) is 0 Å². The molecule has 0 unspecified atom stereocenters. The van der Waals surface area contributed by atoms with Crippen molar-refractivity contribution in [3.8, 4) is 11.5 Å². The molecule has 0 aromatic heterocycles. The van der Waals surface area contributed by atoms with Crippen LogP contribution in [0, 0.1) is 36.2 Å². The number of rotatable bonds is 5. The van der Waals surface area contributed by atoms with E-state index in [1.165, 1.54) is 60.7 Å². The zero-order valence-corrected chi connectivity index (χ0v) is 25.9. The topological polar surface area (TPSA) is 107 Å². The minimum atomic E-state index is -4.57. The van der Waals surface area contributed by atoms with Gasteiger partial charge in [-0.3, -0.25) is 4.55 Å². The lowest BCUT2D eigenvalue weighted by molar-refractivity contribution is 0.0714. The number of fused-ring (bicyclic) bond motifs is 2. The van der Waals surface area contributed by atoms with Crippen molar-refractivity contribution in [3.63, 3.8) is 0 Å². The van der Waals surface area contributed by atoms with Crippen molar-refractivity contribution < 1.29 is 54.0 Å². The van der Waals surface area contributed by atoms with Gasteiger partial charge in [-0.05, 0) is 78.9 Å². The maximum absolute atomic E-state index is 14.3. The zero-order valence-electron chi connectivity index (χ0n) is 20.7. The molecule has 15 heteroatoms. The second kappa shape index (κ2) is 11.6. The first-order valence-electron chi connectivity index (χ1n) is 11.6. The quantitative estimate of drug-likeness (QED) is 0.0285. The Bertz CT molecular complexity index is 2030. The van der Waals surface area contributed by atoms with Gasteiger partial charge in [-0.1, -0.05) is 48.5 Å². The molecule has 5 rings (SSSR count). The fourth-order valence-electron chi connectivity index (χ4n) is 4.39. The summed E-state index contributed by atoms with van der Waals surface area (Å²) in [6, 6.07) is 14.0. The van der Waals surface area contributed by atoms with E-state index in [-0.39, 0.29) is 50.5 Å². The van der Waals surface area contributed by atoms with Crippen LogP contribution < -0.4 is 9.47 Å². The second-order valence-corrected chi connectivity index (χ2v) is 12.4. The zero-order chi connectivity index (χ0) is 31.4. The van der Waals surface area contributed by atoms with Crippen LogP contribution in [0.15, 0.2) is 65.6 Å². The van der Waals surface area contributed by atoms with E-state index in [1.807, 2.05) is 0 Å². The molecule has 0 atom stereocenters. The summed E-state index contributed by atoms with van der Waals surface area (Å²) in [7, 11) is -4.57. The van der Waals surface area contributed by atoms with Gasteiger partial charge in [0, 0.05) is 7.14 Å². The lowest BCUT2D eigenvalue weighted by Gasteiger charge is -2.16. The standard InChI is InChI=1S/C28H11F5I2O7S/c29-20-21(30)23(32)25(24(33)22(20)31)42-28(37)19-14-7-3-1-5-12(14)18(13-6-2-4-8-15(13)19)27(36)41-11-9-16(34)26(17(35)10-11)43(38,39)40/h1-10H,(H,38,39,40). The molecule has 0 saturated heterocycles. The lowest BCUT2D eigenvalue weighted by Crippen LogP contribution is -2.16. The normalized spacial score (nSPS) is 11.6. The number of carbonyl (C=O) groups excluding carboxylic acids is 2. The lowest BCUT2D eigenvalue weighted by atomic mass is 9.91. The first kappa shape index (κ1) is 31.0. The maximum Gasteiger partial charge on any atom is 0.345 e. The van der Waals surface area contributed by atoms with E-state index in [4.69, 9.17) is 9.47 Å². The predicted molar refractivity (Wildman–Crippen MR) is 159 cm³/mol. The van der Waals surface area contributed by atoms with Gasteiger partial charge in [-0.25, -0.2) is 22.8 Å². The number of benzene rings is 5. The number of hydrogen-bond acceptors (Lipinski definition) is 6. The Labute approximate surface area is 265 Å². The van der Waals surface area contributed by atoms with E-state index in [9.17, 15) is 44.5 Å². The van der Waals surface area contributed by atoms with Crippen molar-refractivity contribution in [2.45, 2.75) is 4.90 Å². The van der Waals surface area contributed by atoms with Gasteiger partial charge in [-0.2, -0.15) is 17.2 Å². The summed E-state index contributed by atoms with van der Waals surface area (Å²) in [5.41, 5.74) is -0.406. The summed E-state index contributed by atoms with van der Waals surface area (Å²) >= 11 is 3.30. The summed E-state index contributed by atoms with van der Waals surface area (Å²) in [6.45, 7) is 0. The van der Waals surface area contributed by atoms with Crippen LogP contribution in [0.5, 0.6) is 11.5 Å². The summed E-state index contributed by atoms with van der Waals surface area (Å²) in [6.07, 6.45) is 0. The molecule has 0 amide bonds. The Hall–Kier alpha value is -3.42. The highest BCUT2D eigenvalue weighted by Gasteiger charge is 2.31. The average molecular weight is 840 g/mol. The molecule has 0 aliphatic rings. The minimum absolute atomic E-state index is 0.0212. The molecule has 43 heavy (non-hydrogen) atoms. The van der Waals surface area contributed by atoms with Crippen LogP contribution in [-0.2, 0) is 10.1 Å². The Morgan fingerprint density at radius 2 is 0.977 bits per heavy atom. The molecule has 0 radical (unpaired) electrons. The Kier molecular flexibility index (Phi) is 8.36. The number of esters is 2. The third kappa shape index (κ3) is 5.53. The van der Waals surface area contributed by atoms with Crippen LogP contribution in [0.4, 0.5) is 22.0 Å². The molecule has 0 aliphatic heterocycles. The van der Waals surface area contributed by atoms with E-state index in [0.717, 1.165) is 0 Å². The van der Waals surface area contributed by atoms with E-state index in [1.54, 1.807) is 45.2 Å². The van der Waals surface area contributed by atoms with E-state index in [0.29, 0.717) is 0 Å². The van der Waals surface area contributed by atoms with Crippen molar-refractivity contribution in [1.82, 2.24) is 0 Å². The molecule has 0 aliphatic carbocycles. The Morgan fingerprint density at radius 1 is 0.628 bits per heavy atom. The molecule has 0 bridgehead atoms. The maximum atomic E-state index is 14.3. The summed E-state index contributed by atoms with van der Waals surface area (Å²) < 4.78 is 113. The average Bonchev–Trinajstić information content (AvgIpc) is 2.94. The molecule has 0 heterocycles. The molecule has 7 nitrogen and oxygen atoms in total. The highest BCUT2D eigenvalue weighted by Crippen LogP contribution is 2.37. The SMILES string of the molecule is O=C(Oc1cc(I)c(S(=O)(=O)O)c(I)c1)c1c2ccccc2c(C(=O)Oc2c(F)c(F)c(F)c(F)c2F)c2ccccc12. The summed E-state index contributed by atoms with van der Waals surface area (Å²) in [5, 5.41) is 0.254. The van der Waals surface area contributed by atoms with Crippen molar-refractivity contribution in [3.05, 3.63) is 108 Å². The van der Waals surface area contributed by atoms with Gasteiger partial charge >= 0.3 is 11.9 Å². The van der Waals surface area contributed by atoms with Crippen molar-refractivity contribution in [1.29, 1.82) is 0 Å². The van der Waals surface area contributed by atoms with E-state index >= 15 is 0 Å². The predicted octanol–water partition coefficient (Wildman–Crippen LogP) is 7.58. The third-order valence-corrected chi connectivity index (χ3v) is 9.53. The van der Waals surface area contributed by atoms with E-state index < -0.39 is 56.9 Å². The van der Waals surface area contributed by atoms with E-state index in [2.05, 4.69) is 0 Å². The number of ether oxygens (including phenoxy) is 2. The van der Waals surface area contributed by atoms with Crippen LogP contribution in [0.3, 0.4) is 0 Å². The van der Waals surface area contributed by atoms with Crippen LogP contribution in [0.2, 0.25) is 0 Å². The smallest absolute Gasteiger partial charge is 0.345 e. The van der Waals surface area contributed by atoms with Gasteiger partial charge in [0.1, 0.15) is 10.6 Å². The van der Waals surface area contributed by atoms with Crippen LogP contribution >= 0.6 is 45.2 Å². The number of halogens is 7. The minimum Gasteiger partial charge on any atom is -0.423 e. The summed E-state index contributed by atoms with van der Waals surface area (Å²) in [5.74, 6) is -16.0. The monoisotopic (exact) mass is 840 g/mol. The molecule has 5 aromatic carbocycles. The summed E-state index contributed by atoms with van der Waals surface area (Å²) in [4.78, 5) is 26.5. The molecular formula is C28H11F5I2O7S. The van der Waals surface area contributed by atoms with Gasteiger partial charge in [0.05, 0.1) is 11.1 Å². The van der Waals surface area contributed by atoms with Gasteiger partial charge in [-0.15, -0.1) is 0 Å². The molecule has 1 N–H and O–H groups in total. The van der Waals surface area contributed by atoms with Gasteiger partial charge in [0.2, 0.25) is 34.8 Å². The van der Waals surface area contributed by atoms with Gasteiger partial charge < -0.3 is 9.47 Å². The Balaban J connectivity index is 1.67. The fourth-order valence-corrected chi connectivity index (χ4v) is 8.38. The van der Waals surface area contributed by atoms with Gasteiger partial charge in [0.15, 0.2) is 0 Å². The first-order valence-corrected chi connectivity index (χ1v) is 15.2. The molecule has 220 valence electrons. The highest BCUT2D eigenvalue weighted by atomic mass is 127. The molecule has 0 spiro atoms. The number of hydrogen-bond donors (Lipinski definition) is 1. The van der Waals surface area contributed by atoms with Crippen molar-refractivity contribution >= 4 is 88.8 Å². The fraction of sp³-hybridized carbons (Fsp3) is 0. The Morgan fingerprint density at radius 3 is 1.35 bits per heavy atom.